The second kappa shape index (κ2) is 9.78. The fourth-order valence-corrected chi connectivity index (χ4v) is 5.28. The number of methoxy groups -OCH3 is 1. The molecule has 1 heterocycles. The molecule has 0 spiro atoms. The molecular formula is C21H26ClN3O4S. The number of benzene rings is 2. The number of amides is 1. The van der Waals surface area contributed by atoms with Gasteiger partial charge in [-0.1, -0.05) is 35.9 Å². The van der Waals surface area contributed by atoms with Crippen molar-refractivity contribution in [1.29, 1.82) is 0 Å². The normalized spacial score (nSPS) is 15.7. The van der Waals surface area contributed by atoms with Gasteiger partial charge >= 0.3 is 0 Å². The number of piperazine rings is 1. The van der Waals surface area contributed by atoms with Gasteiger partial charge in [-0.3, -0.25) is 9.69 Å². The lowest BCUT2D eigenvalue weighted by Crippen LogP contribution is -2.51. The lowest BCUT2D eigenvalue weighted by Gasteiger charge is -2.34. The van der Waals surface area contributed by atoms with E-state index in [4.69, 9.17) is 16.3 Å². The number of rotatable bonds is 7. The van der Waals surface area contributed by atoms with E-state index in [0.29, 0.717) is 32.7 Å². The summed E-state index contributed by atoms with van der Waals surface area (Å²) < 4.78 is 32.3. The smallest absolute Gasteiger partial charge is 0.244 e. The lowest BCUT2D eigenvalue weighted by molar-refractivity contribution is -0.131. The molecule has 1 saturated heterocycles. The highest BCUT2D eigenvalue weighted by atomic mass is 35.5. The van der Waals surface area contributed by atoms with Crippen molar-refractivity contribution in [3.8, 4) is 5.75 Å². The van der Waals surface area contributed by atoms with E-state index in [2.05, 4.69) is 0 Å². The first-order chi connectivity index (χ1) is 14.3. The molecule has 0 atom stereocenters. The van der Waals surface area contributed by atoms with E-state index < -0.39 is 10.0 Å². The van der Waals surface area contributed by atoms with Gasteiger partial charge in [0.15, 0.2) is 0 Å². The number of ether oxygens (including phenoxy) is 1. The van der Waals surface area contributed by atoms with Crippen molar-refractivity contribution in [2.24, 2.45) is 0 Å². The molecule has 1 fully saturated rings. The van der Waals surface area contributed by atoms with Gasteiger partial charge in [0.1, 0.15) is 10.6 Å². The summed E-state index contributed by atoms with van der Waals surface area (Å²) in [6.07, 6.45) is 0. The first-order valence-corrected chi connectivity index (χ1v) is 11.5. The fraction of sp³-hybridized carbons (Fsp3) is 0.381. The van der Waals surface area contributed by atoms with Crippen molar-refractivity contribution in [3.05, 3.63) is 59.1 Å². The number of hydrogen-bond donors (Lipinski definition) is 0. The standard InChI is InChI=1S/C21H26ClN3O4S/c1-23(15-17-6-5-7-18(14-17)29-2)21(26)16-24-10-12-25(13-11-24)30(27,28)20-9-4-3-8-19(20)22/h3-9,14H,10-13,15-16H2,1-2H3. The molecule has 7 nitrogen and oxygen atoms in total. The van der Waals surface area contributed by atoms with Crippen molar-refractivity contribution in [1.82, 2.24) is 14.1 Å². The van der Waals surface area contributed by atoms with Gasteiger partial charge in [0, 0.05) is 39.8 Å². The van der Waals surface area contributed by atoms with Crippen LogP contribution in [0.5, 0.6) is 5.75 Å². The average molecular weight is 452 g/mol. The van der Waals surface area contributed by atoms with Crippen molar-refractivity contribution in [2.45, 2.75) is 11.4 Å². The molecule has 2 aromatic carbocycles. The second-order valence-corrected chi connectivity index (χ2v) is 9.53. The summed E-state index contributed by atoms with van der Waals surface area (Å²) in [5.41, 5.74) is 0.987. The Kier molecular flexibility index (Phi) is 7.36. The summed E-state index contributed by atoms with van der Waals surface area (Å²) >= 11 is 6.07. The largest absolute Gasteiger partial charge is 0.497 e. The van der Waals surface area contributed by atoms with Crippen LogP contribution in [0.15, 0.2) is 53.4 Å². The minimum Gasteiger partial charge on any atom is -0.497 e. The third-order valence-electron chi connectivity index (χ3n) is 5.12. The van der Waals surface area contributed by atoms with Gasteiger partial charge in [-0.15, -0.1) is 0 Å². The molecule has 1 aliphatic rings. The molecule has 3 rings (SSSR count). The second-order valence-electron chi connectivity index (χ2n) is 7.21. The highest BCUT2D eigenvalue weighted by molar-refractivity contribution is 7.89. The van der Waals surface area contributed by atoms with Crippen molar-refractivity contribution >= 4 is 27.5 Å². The molecule has 0 N–H and O–H groups in total. The van der Waals surface area contributed by atoms with Crippen LogP contribution in [0.2, 0.25) is 5.02 Å². The number of nitrogens with zero attached hydrogens (tertiary/aromatic N) is 3. The Morgan fingerprint density at radius 1 is 1.10 bits per heavy atom. The Morgan fingerprint density at radius 3 is 2.47 bits per heavy atom. The average Bonchev–Trinajstić information content (AvgIpc) is 2.74. The van der Waals surface area contributed by atoms with Gasteiger partial charge in [0.05, 0.1) is 18.7 Å². The number of carbonyl (C=O) groups excluding carboxylic acids is 1. The molecule has 1 amide bonds. The summed E-state index contributed by atoms with van der Waals surface area (Å²) in [7, 11) is -0.266. The van der Waals surface area contributed by atoms with Crippen molar-refractivity contribution < 1.29 is 17.9 Å². The number of halogens is 1. The monoisotopic (exact) mass is 451 g/mol. The number of carbonyl (C=O) groups is 1. The number of hydrogen-bond acceptors (Lipinski definition) is 5. The number of sulfonamides is 1. The highest BCUT2D eigenvalue weighted by Gasteiger charge is 2.30. The van der Waals surface area contributed by atoms with Crippen LogP contribution in [0.3, 0.4) is 0 Å². The van der Waals surface area contributed by atoms with E-state index in [1.807, 2.05) is 29.2 Å². The van der Waals surface area contributed by atoms with Crippen LogP contribution >= 0.6 is 11.6 Å². The first kappa shape index (κ1) is 22.6. The summed E-state index contributed by atoms with van der Waals surface area (Å²) in [5.74, 6) is 0.740. The molecule has 0 aliphatic carbocycles. The van der Waals surface area contributed by atoms with Crippen LogP contribution in [0.25, 0.3) is 0 Å². The first-order valence-electron chi connectivity index (χ1n) is 9.65. The molecular weight excluding hydrogens is 426 g/mol. The van der Waals surface area contributed by atoms with Crippen LogP contribution < -0.4 is 4.74 Å². The molecule has 30 heavy (non-hydrogen) atoms. The molecule has 162 valence electrons. The SMILES string of the molecule is COc1cccc(CN(C)C(=O)CN2CCN(S(=O)(=O)c3ccccc3Cl)CC2)c1. The lowest BCUT2D eigenvalue weighted by atomic mass is 10.2. The predicted octanol–water partition coefficient (Wildman–Crippen LogP) is 2.31. The van der Waals surface area contributed by atoms with E-state index in [1.54, 1.807) is 37.3 Å². The Bertz CT molecular complexity index is 991. The Hall–Kier alpha value is -2.13. The summed E-state index contributed by atoms with van der Waals surface area (Å²) in [6.45, 7) is 2.35. The minimum absolute atomic E-state index is 0.0137. The topological polar surface area (TPSA) is 70.2 Å². The van der Waals surface area contributed by atoms with Crippen LogP contribution in [0, 0.1) is 0 Å². The van der Waals surface area contributed by atoms with E-state index in [9.17, 15) is 13.2 Å². The fourth-order valence-electron chi connectivity index (χ4n) is 3.37. The Morgan fingerprint density at radius 2 is 1.80 bits per heavy atom. The maximum atomic E-state index is 12.8. The molecule has 0 radical (unpaired) electrons. The highest BCUT2D eigenvalue weighted by Crippen LogP contribution is 2.25. The molecule has 9 heteroatoms. The zero-order chi connectivity index (χ0) is 21.7. The van der Waals surface area contributed by atoms with Crippen LogP contribution in [0.1, 0.15) is 5.56 Å². The summed E-state index contributed by atoms with van der Waals surface area (Å²) in [6, 6.07) is 14.1. The van der Waals surface area contributed by atoms with E-state index in [1.165, 1.54) is 10.4 Å². The molecule has 2 aromatic rings. The molecule has 1 aliphatic heterocycles. The van der Waals surface area contributed by atoms with Gasteiger partial charge in [-0.25, -0.2) is 8.42 Å². The van der Waals surface area contributed by atoms with Crippen LogP contribution in [0.4, 0.5) is 0 Å². The molecule has 0 aromatic heterocycles. The maximum absolute atomic E-state index is 12.8. The van der Waals surface area contributed by atoms with E-state index >= 15 is 0 Å². The van der Waals surface area contributed by atoms with E-state index in [-0.39, 0.29) is 22.4 Å². The minimum atomic E-state index is -3.64. The van der Waals surface area contributed by atoms with Gasteiger partial charge in [-0.05, 0) is 29.8 Å². The Labute approximate surface area is 182 Å². The molecule has 0 bridgehead atoms. The summed E-state index contributed by atoms with van der Waals surface area (Å²) in [5, 5.41) is 0.217. The third-order valence-corrected chi connectivity index (χ3v) is 7.52. The summed E-state index contributed by atoms with van der Waals surface area (Å²) in [4.78, 5) is 16.4. The van der Waals surface area contributed by atoms with Gasteiger partial charge in [0.2, 0.25) is 15.9 Å². The molecule has 0 unspecified atom stereocenters. The maximum Gasteiger partial charge on any atom is 0.244 e. The quantitative estimate of drug-likeness (QED) is 0.646. The van der Waals surface area contributed by atoms with E-state index in [0.717, 1.165) is 11.3 Å². The van der Waals surface area contributed by atoms with Crippen LogP contribution in [-0.4, -0.2) is 75.3 Å². The third kappa shape index (κ3) is 5.31. The van der Waals surface area contributed by atoms with Gasteiger partial charge in [-0.2, -0.15) is 4.31 Å². The zero-order valence-electron chi connectivity index (χ0n) is 17.1. The zero-order valence-corrected chi connectivity index (χ0v) is 18.7. The van der Waals surface area contributed by atoms with Gasteiger partial charge < -0.3 is 9.64 Å². The molecule has 0 saturated carbocycles. The van der Waals surface area contributed by atoms with Crippen molar-refractivity contribution in [2.75, 3.05) is 46.9 Å². The van der Waals surface area contributed by atoms with Crippen LogP contribution in [-0.2, 0) is 21.4 Å². The van der Waals surface area contributed by atoms with Crippen molar-refractivity contribution in [3.63, 3.8) is 0 Å². The predicted molar refractivity (Wildman–Crippen MR) is 116 cm³/mol. The van der Waals surface area contributed by atoms with Gasteiger partial charge in [0.25, 0.3) is 0 Å². The number of likely N-dealkylation sites (N-methyl/N-ethyl adjacent to an activating group) is 1. The Balaban J connectivity index is 1.54.